The summed E-state index contributed by atoms with van der Waals surface area (Å²) in [7, 11) is 0. The molecule has 76 valence electrons. The molecule has 1 aliphatic rings. The van der Waals surface area contributed by atoms with Gasteiger partial charge >= 0.3 is 0 Å². The molecule has 0 radical (unpaired) electrons. The molecule has 2 rings (SSSR count). The summed E-state index contributed by atoms with van der Waals surface area (Å²) in [5.74, 6) is -1.33. The van der Waals surface area contributed by atoms with Crippen LogP contribution in [0.4, 0.5) is 8.78 Å². The Morgan fingerprint density at radius 2 is 2.00 bits per heavy atom. The van der Waals surface area contributed by atoms with Crippen molar-refractivity contribution in [1.82, 2.24) is 0 Å². The van der Waals surface area contributed by atoms with E-state index >= 15 is 0 Å². The molecule has 1 nitrogen and oxygen atoms in total. The summed E-state index contributed by atoms with van der Waals surface area (Å²) in [6, 6.07) is 2.58. The minimum atomic E-state index is -1.28. The average Bonchev–Trinajstić information content (AvgIpc) is 2.69. The van der Waals surface area contributed by atoms with Gasteiger partial charge in [0.2, 0.25) is 0 Å². The van der Waals surface area contributed by atoms with E-state index in [1.54, 1.807) is 13.8 Å². The van der Waals surface area contributed by atoms with Crippen LogP contribution in [0, 0.1) is 24.5 Å². The van der Waals surface area contributed by atoms with Crippen LogP contribution in [-0.2, 0) is 5.60 Å². The Hall–Kier alpha value is -0.960. The van der Waals surface area contributed by atoms with E-state index in [9.17, 15) is 13.9 Å². The number of rotatable bonds is 1. The fraction of sp³-hybridized carbons (Fsp3) is 0.455. The lowest BCUT2D eigenvalue weighted by molar-refractivity contribution is 0.125. The molecular formula is C11H12F2O. The largest absolute Gasteiger partial charge is 0.385 e. The lowest BCUT2D eigenvalue weighted by Crippen LogP contribution is -2.14. The summed E-state index contributed by atoms with van der Waals surface area (Å²) in [4.78, 5) is 0. The number of hydrogen-bond donors (Lipinski definition) is 1. The molecular weight excluding hydrogens is 186 g/mol. The zero-order valence-corrected chi connectivity index (χ0v) is 8.14. The second kappa shape index (κ2) is 2.76. The van der Waals surface area contributed by atoms with Crippen molar-refractivity contribution in [3.8, 4) is 0 Å². The zero-order valence-electron chi connectivity index (χ0n) is 8.14. The van der Waals surface area contributed by atoms with E-state index in [-0.39, 0.29) is 11.5 Å². The van der Waals surface area contributed by atoms with Gasteiger partial charge in [-0.2, -0.15) is 0 Å². The molecule has 0 amide bonds. The molecule has 1 aromatic carbocycles. The summed E-state index contributed by atoms with van der Waals surface area (Å²) in [6.07, 6.45) is 0.435. The second-order valence-corrected chi connectivity index (χ2v) is 4.08. The van der Waals surface area contributed by atoms with Crippen molar-refractivity contribution in [3.05, 3.63) is 34.9 Å². The Bertz CT molecular complexity index is 389. The van der Waals surface area contributed by atoms with Crippen LogP contribution in [0.25, 0.3) is 0 Å². The molecule has 2 unspecified atom stereocenters. The second-order valence-electron chi connectivity index (χ2n) is 4.08. The van der Waals surface area contributed by atoms with Gasteiger partial charge in [-0.15, -0.1) is 0 Å². The summed E-state index contributed by atoms with van der Waals surface area (Å²) in [6.45, 7) is 3.34. The Kier molecular flexibility index (Phi) is 1.89. The molecule has 2 atom stereocenters. The fourth-order valence-corrected chi connectivity index (χ4v) is 1.81. The third kappa shape index (κ3) is 1.16. The highest BCUT2D eigenvalue weighted by Crippen LogP contribution is 2.53. The summed E-state index contributed by atoms with van der Waals surface area (Å²) in [5, 5.41) is 9.87. The summed E-state index contributed by atoms with van der Waals surface area (Å²) in [5.41, 5.74) is -1.07. The van der Waals surface area contributed by atoms with Crippen LogP contribution in [0.3, 0.4) is 0 Å². The molecule has 1 fully saturated rings. The first-order chi connectivity index (χ1) is 6.47. The maximum Gasteiger partial charge on any atom is 0.135 e. The van der Waals surface area contributed by atoms with Gasteiger partial charge in [0.05, 0.1) is 11.2 Å². The van der Waals surface area contributed by atoms with Crippen LogP contribution in [0.15, 0.2) is 12.1 Å². The topological polar surface area (TPSA) is 20.2 Å². The van der Waals surface area contributed by atoms with Crippen molar-refractivity contribution in [2.45, 2.75) is 25.9 Å². The molecule has 0 aromatic heterocycles. The molecule has 1 aromatic rings. The number of aryl methyl sites for hydroxylation is 1. The van der Waals surface area contributed by atoms with Gasteiger partial charge in [0, 0.05) is 0 Å². The summed E-state index contributed by atoms with van der Waals surface area (Å²) >= 11 is 0. The van der Waals surface area contributed by atoms with Gasteiger partial charge in [-0.3, -0.25) is 0 Å². The van der Waals surface area contributed by atoms with Crippen molar-refractivity contribution >= 4 is 0 Å². The van der Waals surface area contributed by atoms with Gasteiger partial charge in [-0.25, -0.2) is 8.78 Å². The van der Waals surface area contributed by atoms with Crippen LogP contribution < -0.4 is 0 Å². The van der Waals surface area contributed by atoms with E-state index in [4.69, 9.17) is 0 Å². The Balaban J connectivity index is 2.58. The first-order valence-electron chi connectivity index (χ1n) is 4.64. The third-order valence-corrected chi connectivity index (χ3v) is 2.99. The number of hydrogen-bond acceptors (Lipinski definition) is 1. The standard InChI is InChI=1S/C11H12F2O/c1-6-3-4-8(12)9(10(6)13)11(14)5-7(11)2/h3-4,7,14H,5H2,1-2H3. The molecule has 1 N–H and O–H groups in total. The Morgan fingerprint density at radius 3 is 2.50 bits per heavy atom. The van der Waals surface area contributed by atoms with Gasteiger partial charge in [-0.05, 0) is 30.9 Å². The lowest BCUT2D eigenvalue weighted by atomic mass is 10.0. The van der Waals surface area contributed by atoms with Gasteiger partial charge < -0.3 is 5.11 Å². The van der Waals surface area contributed by atoms with Crippen molar-refractivity contribution in [3.63, 3.8) is 0 Å². The molecule has 0 heterocycles. The zero-order chi connectivity index (χ0) is 10.5. The van der Waals surface area contributed by atoms with Crippen molar-refractivity contribution in [2.75, 3.05) is 0 Å². The quantitative estimate of drug-likeness (QED) is 0.735. The van der Waals surface area contributed by atoms with Gasteiger partial charge in [0.25, 0.3) is 0 Å². The molecule has 0 aliphatic heterocycles. The number of benzene rings is 1. The van der Waals surface area contributed by atoms with Crippen molar-refractivity contribution in [1.29, 1.82) is 0 Å². The number of aliphatic hydroxyl groups is 1. The van der Waals surface area contributed by atoms with E-state index in [0.29, 0.717) is 12.0 Å². The smallest absolute Gasteiger partial charge is 0.135 e. The maximum atomic E-state index is 13.6. The van der Waals surface area contributed by atoms with E-state index in [1.807, 2.05) is 0 Å². The highest BCUT2D eigenvalue weighted by molar-refractivity contribution is 5.35. The predicted octanol–water partition coefficient (Wildman–Crippen LogP) is 2.50. The maximum absolute atomic E-state index is 13.6. The third-order valence-electron chi connectivity index (χ3n) is 2.99. The SMILES string of the molecule is Cc1ccc(F)c(C2(O)CC2C)c1F. The highest BCUT2D eigenvalue weighted by atomic mass is 19.1. The van der Waals surface area contributed by atoms with Gasteiger partial charge in [-0.1, -0.05) is 13.0 Å². The van der Waals surface area contributed by atoms with E-state index < -0.39 is 17.2 Å². The Labute approximate surface area is 81.4 Å². The van der Waals surface area contributed by atoms with Crippen molar-refractivity contribution < 1.29 is 13.9 Å². The van der Waals surface area contributed by atoms with Crippen LogP contribution in [0.5, 0.6) is 0 Å². The highest BCUT2D eigenvalue weighted by Gasteiger charge is 2.54. The van der Waals surface area contributed by atoms with E-state index in [1.165, 1.54) is 12.1 Å². The minimum absolute atomic E-state index is 0.0618. The molecule has 1 aliphatic carbocycles. The molecule has 14 heavy (non-hydrogen) atoms. The first kappa shape index (κ1) is 9.59. The minimum Gasteiger partial charge on any atom is -0.385 e. The van der Waals surface area contributed by atoms with Crippen LogP contribution in [0.1, 0.15) is 24.5 Å². The molecule has 0 saturated heterocycles. The fourth-order valence-electron chi connectivity index (χ4n) is 1.81. The van der Waals surface area contributed by atoms with Crippen molar-refractivity contribution in [2.24, 2.45) is 5.92 Å². The van der Waals surface area contributed by atoms with E-state index in [2.05, 4.69) is 0 Å². The van der Waals surface area contributed by atoms with Gasteiger partial charge in [0.15, 0.2) is 0 Å². The average molecular weight is 198 g/mol. The molecule has 0 spiro atoms. The van der Waals surface area contributed by atoms with Gasteiger partial charge in [0.1, 0.15) is 11.6 Å². The molecule has 3 heteroatoms. The number of halogens is 2. The summed E-state index contributed by atoms with van der Waals surface area (Å²) < 4.78 is 26.9. The van der Waals surface area contributed by atoms with Crippen LogP contribution in [0.2, 0.25) is 0 Å². The molecule has 0 bridgehead atoms. The predicted molar refractivity (Wildman–Crippen MR) is 48.8 cm³/mol. The normalized spacial score (nSPS) is 30.5. The van der Waals surface area contributed by atoms with Crippen LogP contribution >= 0.6 is 0 Å². The first-order valence-corrected chi connectivity index (χ1v) is 4.64. The lowest BCUT2D eigenvalue weighted by Gasteiger charge is -2.13. The molecule has 1 saturated carbocycles. The van der Waals surface area contributed by atoms with Crippen LogP contribution in [-0.4, -0.2) is 5.11 Å². The van der Waals surface area contributed by atoms with E-state index in [0.717, 1.165) is 0 Å². The Morgan fingerprint density at radius 1 is 1.43 bits per heavy atom. The monoisotopic (exact) mass is 198 g/mol.